The second kappa shape index (κ2) is 35.3. The molecule has 3 heterocycles. The molecule has 4 aromatic carbocycles. The van der Waals surface area contributed by atoms with Crippen molar-refractivity contribution in [1.82, 2.24) is 24.5 Å². The van der Waals surface area contributed by atoms with Crippen LogP contribution in [-0.4, -0.2) is 162 Å². The van der Waals surface area contributed by atoms with Crippen LogP contribution in [0.25, 0.3) is 5.70 Å². The van der Waals surface area contributed by atoms with Crippen molar-refractivity contribution in [2.45, 2.75) is 150 Å². The lowest BCUT2D eigenvalue weighted by Crippen LogP contribution is -2.42. The maximum absolute atomic E-state index is 12.7. The predicted octanol–water partition coefficient (Wildman–Crippen LogP) is 14.0. The molecule has 1 saturated heterocycles. The standard InChI is InChI=1S/C21H32N2O2.C16H26BNO2.C12H18F3NO5S.C10H14BrN.C8H10BrN/c1-16-10-11-19(23(15-16)20(24)25-21(2,3)4)18-9-7-8-17(14-18)12-13-22(5)6;1-15(2)16(3,4)20-17(19-15)14-9-7-8-13(12-14)10-11-18(5)6;1-8-5-6-9(21-22(18,19)12(13,14)15)16(7-8)10(17)20-11(2,3)4;1-12(2)7-6-9-4-3-5-10(11)8-9;9-8-3-1-2-7(6-8)4-5-10/h7-9,11,14,16H,10,12-13,15H2,1-6H3;7-9,12H,10-11H2,1-6H3;6,8H,5,7H2,1-4H3;3-5,8H,6-7H2,1-2H3;1-3,6H,4-5,10H2/t16-;;8-;;/m0.0../s1. The second-order valence-corrected chi connectivity index (χ2v) is 29.8. The lowest BCUT2D eigenvalue weighted by molar-refractivity contribution is -0.0546. The van der Waals surface area contributed by atoms with E-state index >= 15 is 0 Å². The summed E-state index contributed by atoms with van der Waals surface area (Å²) < 4.78 is 88.6. The zero-order valence-electron chi connectivity index (χ0n) is 55.9. The minimum Gasteiger partial charge on any atom is -0.443 e. The van der Waals surface area contributed by atoms with E-state index in [-0.39, 0.29) is 43.3 Å². The first kappa shape index (κ1) is 78.5. The van der Waals surface area contributed by atoms with E-state index in [1.165, 1.54) is 26.7 Å². The number of carbonyl (C=O) groups is 2. The number of carbonyl (C=O) groups excluding carboxylic acids is 2. The average Bonchev–Trinajstić information content (AvgIpc) is 2.37. The number of hydrogen-bond donors (Lipinski definition) is 1. The molecule has 496 valence electrons. The molecule has 2 atom stereocenters. The summed E-state index contributed by atoms with van der Waals surface area (Å²) in [5.74, 6) is -0.327. The highest BCUT2D eigenvalue weighted by molar-refractivity contribution is 9.10. The van der Waals surface area contributed by atoms with Crippen LogP contribution in [0.15, 0.2) is 124 Å². The number of allylic oxidation sites excluding steroid dienone is 2. The molecule has 4 aromatic rings. The van der Waals surface area contributed by atoms with E-state index in [9.17, 15) is 31.2 Å². The molecule has 0 aliphatic carbocycles. The summed E-state index contributed by atoms with van der Waals surface area (Å²) in [5, 5.41) is 0. The van der Waals surface area contributed by atoms with Gasteiger partial charge >= 0.3 is 34.9 Å². The number of ether oxygens (including phenoxy) is 2. The second-order valence-electron chi connectivity index (χ2n) is 26.5. The first-order valence-electron chi connectivity index (χ1n) is 30.2. The van der Waals surface area contributed by atoms with Gasteiger partial charge in [-0.2, -0.15) is 21.6 Å². The van der Waals surface area contributed by atoms with E-state index < -0.39 is 38.8 Å². The Morgan fingerprint density at radius 2 is 1.01 bits per heavy atom. The first-order valence-corrected chi connectivity index (χ1v) is 33.2. The van der Waals surface area contributed by atoms with Gasteiger partial charge in [-0.15, -0.1) is 0 Å². The van der Waals surface area contributed by atoms with Crippen molar-refractivity contribution in [2.75, 3.05) is 81.6 Å². The molecule has 0 saturated carbocycles. The monoisotopic (exact) mass is 1390 g/mol. The molecular weight excluding hydrogens is 1290 g/mol. The van der Waals surface area contributed by atoms with Gasteiger partial charge in [0.05, 0.1) is 16.9 Å². The Morgan fingerprint density at radius 1 is 0.618 bits per heavy atom. The summed E-state index contributed by atoms with van der Waals surface area (Å²) >= 11 is 6.85. The van der Waals surface area contributed by atoms with Crippen molar-refractivity contribution in [2.24, 2.45) is 17.6 Å². The summed E-state index contributed by atoms with van der Waals surface area (Å²) in [6, 6.07) is 33.7. The lowest BCUT2D eigenvalue weighted by atomic mass is 9.78. The Morgan fingerprint density at radius 3 is 1.44 bits per heavy atom. The number of likely N-dealkylation sites (N-methyl/N-ethyl adjacent to an activating group) is 3. The number of hydrogen-bond acceptors (Lipinski definition) is 13. The summed E-state index contributed by atoms with van der Waals surface area (Å²) in [7, 11) is 6.44. The molecule has 1 fully saturated rings. The molecule has 3 aliphatic heterocycles. The fourth-order valence-corrected chi connectivity index (χ4v) is 10.0. The molecule has 0 bridgehead atoms. The zero-order valence-corrected chi connectivity index (χ0v) is 59.9. The Kier molecular flexibility index (Phi) is 31.1. The van der Waals surface area contributed by atoms with Crippen LogP contribution < -0.4 is 11.2 Å². The highest BCUT2D eigenvalue weighted by atomic mass is 79.9. The topological polar surface area (TPSA) is 157 Å². The van der Waals surface area contributed by atoms with Crippen LogP contribution in [0.4, 0.5) is 22.8 Å². The van der Waals surface area contributed by atoms with Gasteiger partial charge in [-0.3, -0.25) is 4.90 Å². The number of alkyl halides is 3. The Labute approximate surface area is 548 Å². The first-order chi connectivity index (χ1) is 41.1. The largest absolute Gasteiger partial charge is 0.534 e. The van der Waals surface area contributed by atoms with E-state index in [1.807, 2.05) is 32.9 Å². The minimum atomic E-state index is -5.84. The molecule has 0 radical (unpaired) electrons. The SMILES string of the molecule is CN(C)CCc1cccc(B2OC(C)(C)C(C)(C)O2)c1.CN(C)CCc1cccc(Br)c1.C[C@H]1CC=C(OS(=O)(=O)C(F)(F)F)N(C(=O)OC(C)(C)C)C1.C[C@H]1CC=C(c2cccc(CCN(C)C)c2)N(C(=O)OC(C)(C)C)C1.NCCc1cccc(Br)c1. The Bertz CT molecular complexity index is 3030. The third-order valence-corrected chi connectivity index (χ3v) is 16.1. The molecular formula is C67H100BBr2F3N6O9S. The van der Waals surface area contributed by atoms with Gasteiger partial charge in [0.1, 0.15) is 11.2 Å². The van der Waals surface area contributed by atoms with E-state index in [4.69, 9.17) is 24.5 Å². The Hall–Kier alpha value is -4.78. The maximum Gasteiger partial charge on any atom is 0.534 e. The van der Waals surface area contributed by atoms with Crippen molar-refractivity contribution >= 4 is 72.4 Å². The van der Waals surface area contributed by atoms with Crippen molar-refractivity contribution < 1.29 is 54.1 Å². The predicted molar refractivity (Wildman–Crippen MR) is 362 cm³/mol. The fraction of sp³-hybridized carbons (Fsp3) is 0.552. The number of amides is 2. The van der Waals surface area contributed by atoms with Gasteiger partial charge in [0, 0.05) is 41.7 Å². The molecule has 15 nitrogen and oxygen atoms in total. The van der Waals surface area contributed by atoms with Gasteiger partial charge < -0.3 is 43.4 Å². The molecule has 0 aromatic heterocycles. The normalized spacial score (nSPS) is 17.4. The third kappa shape index (κ3) is 28.7. The van der Waals surface area contributed by atoms with E-state index in [1.54, 1.807) is 32.6 Å². The van der Waals surface area contributed by atoms with Gasteiger partial charge in [-0.05, 0) is 238 Å². The van der Waals surface area contributed by atoms with Crippen molar-refractivity contribution in [1.29, 1.82) is 0 Å². The van der Waals surface area contributed by atoms with Gasteiger partial charge in [0.25, 0.3) is 0 Å². The highest BCUT2D eigenvalue weighted by Crippen LogP contribution is 2.37. The van der Waals surface area contributed by atoms with E-state index in [2.05, 4.69) is 219 Å². The maximum atomic E-state index is 12.7. The number of halogens is 5. The van der Waals surface area contributed by atoms with Crippen LogP contribution in [0.1, 0.15) is 124 Å². The molecule has 22 heteroatoms. The van der Waals surface area contributed by atoms with Crippen LogP contribution in [-0.2, 0) is 58.8 Å². The van der Waals surface area contributed by atoms with Crippen LogP contribution in [0.3, 0.4) is 0 Å². The third-order valence-electron chi connectivity index (χ3n) is 14.1. The number of nitrogens with two attached hydrogens (primary N) is 1. The van der Waals surface area contributed by atoms with Crippen molar-refractivity contribution in [3.8, 4) is 0 Å². The lowest BCUT2D eigenvalue weighted by Gasteiger charge is -2.34. The summed E-state index contributed by atoms with van der Waals surface area (Å²) in [6.07, 6.45) is 7.44. The minimum absolute atomic E-state index is 0.00583. The molecule has 0 unspecified atom stereocenters. The van der Waals surface area contributed by atoms with E-state index in [0.717, 1.165) is 90.5 Å². The van der Waals surface area contributed by atoms with Crippen molar-refractivity contribution in [3.63, 3.8) is 0 Å². The quantitative estimate of drug-likeness (QED) is 0.0682. The van der Waals surface area contributed by atoms with Crippen LogP contribution in [0.2, 0.25) is 0 Å². The van der Waals surface area contributed by atoms with E-state index in [0.29, 0.717) is 12.5 Å². The summed E-state index contributed by atoms with van der Waals surface area (Å²) in [5.41, 5.74) is 6.35. The van der Waals surface area contributed by atoms with Crippen LogP contribution in [0.5, 0.6) is 0 Å². The van der Waals surface area contributed by atoms with Crippen molar-refractivity contribution in [3.05, 3.63) is 152 Å². The smallest absolute Gasteiger partial charge is 0.443 e. The molecule has 2 amide bonds. The average molecular weight is 1390 g/mol. The van der Waals surface area contributed by atoms with Gasteiger partial charge in [-0.25, -0.2) is 14.5 Å². The van der Waals surface area contributed by atoms with Gasteiger partial charge in [-0.1, -0.05) is 119 Å². The molecule has 89 heavy (non-hydrogen) atoms. The number of benzene rings is 4. The molecule has 7 rings (SSSR count). The zero-order chi connectivity index (χ0) is 67.3. The molecule has 3 aliphatic rings. The molecule has 2 N–H and O–H groups in total. The van der Waals surface area contributed by atoms with Crippen LogP contribution in [0, 0.1) is 11.8 Å². The summed E-state index contributed by atoms with van der Waals surface area (Å²) in [4.78, 5) is 33.8. The van der Waals surface area contributed by atoms with Crippen LogP contribution >= 0.6 is 31.9 Å². The Balaban J connectivity index is 0.000000301. The highest BCUT2D eigenvalue weighted by Gasteiger charge is 2.52. The molecule has 0 spiro atoms. The number of nitrogens with zero attached hydrogens (tertiary/aromatic N) is 5. The van der Waals surface area contributed by atoms with Gasteiger partial charge in [0.2, 0.25) is 5.88 Å². The fourth-order valence-electron chi connectivity index (χ4n) is 8.65. The number of rotatable bonds is 15. The summed E-state index contributed by atoms with van der Waals surface area (Å²) in [6.45, 7) is 27.3. The van der Waals surface area contributed by atoms with Gasteiger partial charge in [0.15, 0.2) is 0 Å².